The number of aromatic nitrogens is 2. The van der Waals surface area contributed by atoms with Crippen LogP contribution in [0.2, 0.25) is 0 Å². The lowest BCUT2D eigenvalue weighted by molar-refractivity contribution is 0.372. The lowest BCUT2D eigenvalue weighted by atomic mass is 10.1. The van der Waals surface area contributed by atoms with Crippen molar-refractivity contribution >= 4 is 0 Å². The minimum absolute atomic E-state index is 0.179. The summed E-state index contributed by atoms with van der Waals surface area (Å²) < 4.78 is 18.4. The minimum Gasteiger partial charge on any atom is -0.339 e. The highest BCUT2D eigenvalue weighted by Crippen LogP contribution is 2.09. The molecule has 0 saturated heterocycles. The standard InChI is InChI=1S/C13H16FN3O/c1-9-3-4-12(14)11(7-9)8-15-6-5-13-16-10(2)17-18-13/h3-4,7,15H,5-6,8H2,1-2H3. The second-order valence-electron chi connectivity index (χ2n) is 4.26. The van der Waals surface area contributed by atoms with E-state index in [1.807, 2.05) is 13.0 Å². The first kappa shape index (κ1) is 12.7. The number of hydrogen-bond acceptors (Lipinski definition) is 4. The molecule has 0 atom stereocenters. The van der Waals surface area contributed by atoms with Crippen molar-refractivity contribution in [2.45, 2.75) is 26.8 Å². The zero-order valence-corrected chi connectivity index (χ0v) is 10.5. The predicted octanol–water partition coefficient (Wildman–Crippen LogP) is 2.16. The molecule has 18 heavy (non-hydrogen) atoms. The lowest BCUT2D eigenvalue weighted by Gasteiger charge is -2.05. The van der Waals surface area contributed by atoms with Crippen molar-refractivity contribution < 1.29 is 8.91 Å². The van der Waals surface area contributed by atoms with E-state index in [1.165, 1.54) is 6.07 Å². The molecule has 2 aromatic rings. The molecular weight excluding hydrogens is 233 g/mol. The average Bonchev–Trinajstić information content (AvgIpc) is 2.75. The molecule has 96 valence electrons. The van der Waals surface area contributed by atoms with E-state index in [4.69, 9.17) is 4.52 Å². The van der Waals surface area contributed by atoms with E-state index in [0.29, 0.717) is 36.8 Å². The zero-order chi connectivity index (χ0) is 13.0. The maximum absolute atomic E-state index is 13.4. The van der Waals surface area contributed by atoms with Crippen molar-refractivity contribution in [2.24, 2.45) is 0 Å². The predicted molar refractivity (Wildman–Crippen MR) is 65.6 cm³/mol. The quantitative estimate of drug-likeness (QED) is 0.825. The van der Waals surface area contributed by atoms with Crippen LogP contribution in [0.15, 0.2) is 22.7 Å². The summed E-state index contributed by atoms with van der Waals surface area (Å²) >= 11 is 0. The summed E-state index contributed by atoms with van der Waals surface area (Å²) in [5.74, 6) is 1.06. The largest absolute Gasteiger partial charge is 0.339 e. The molecule has 0 bridgehead atoms. The first-order valence-corrected chi connectivity index (χ1v) is 5.90. The number of halogens is 1. The highest BCUT2D eigenvalue weighted by atomic mass is 19.1. The number of aryl methyl sites for hydroxylation is 2. The smallest absolute Gasteiger partial charge is 0.227 e. The van der Waals surface area contributed by atoms with E-state index in [-0.39, 0.29) is 5.82 Å². The fraction of sp³-hybridized carbons (Fsp3) is 0.385. The molecule has 1 N–H and O–H groups in total. The van der Waals surface area contributed by atoms with E-state index in [1.54, 1.807) is 13.0 Å². The molecule has 1 aromatic heterocycles. The van der Waals surface area contributed by atoms with Crippen molar-refractivity contribution in [1.82, 2.24) is 15.5 Å². The normalized spacial score (nSPS) is 10.8. The van der Waals surface area contributed by atoms with Crippen molar-refractivity contribution in [3.05, 3.63) is 46.9 Å². The van der Waals surface area contributed by atoms with E-state index < -0.39 is 0 Å². The van der Waals surface area contributed by atoms with Crippen LogP contribution in [0.3, 0.4) is 0 Å². The van der Waals surface area contributed by atoms with Crippen LogP contribution >= 0.6 is 0 Å². The molecule has 0 radical (unpaired) electrons. The molecule has 0 amide bonds. The average molecular weight is 249 g/mol. The number of hydrogen-bond donors (Lipinski definition) is 1. The summed E-state index contributed by atoms with van der Waals surface area (Å²) in [5, 5.41) is 6.87. The lowest BCUT2D eigenvalue weighted by Crippen LogP contribution is -2.17. The highest BCUT2D eigenvalue weighted by Gasteiger charge is 2.04. The van der Waals surface area contributed by atoms with Gasteiger partial charge in [-0.2, -0.15) is 4.98 Å². The van der Waals surface area contributed by atoms with Gasteiger partial charge in [-0.3, -0.25) is 0 Å². The summed E-state index contributed by atoms with van der Waals surface area (Å²) in [7, 11) is 0. The van der Waals surface area contributed by atoms with E-state index >= 15 is 0 Å². The van der Waals surface area contributed by atoms with Gasteiger partial charge in [-0.05, 0) is 19.9 Å². The summed E-state index contributed by atoms with van der Waals surface area (Å²) in [6.07, 6.45) is 0.647. The summed E-state index contributed by atoms with van der Waals surface area (Å²) in [6, 6.07) is 5.10. The van der Waals surface area contributed by atoms with Crippen LogP contribution in [0.5, 0.6) is 0 Å². The third kappa shape index (κ3) is 3.37. The van der Waals surface area contributed by atoms with Gasteiger partial charge < -0.3 is 9.84 Å². The number of nitrogens with one attached hydrogen (secondary N) is 1. The van der Waals surface area contributed by atoms with Gasteiger partial charge in [0.25, 0.3) is 0 Å². The van der Waals surface area contributed by atoms with Crippen LogP contribution in [0, 0.1) is 19.7 Å². The van der Waals surface area contributed by atoms with Gasteiger partial charge in [0.2, 0.25) is 5.89 Å². The molecule has 1 heterocycles. The Kier molecular flexibility index (Phi) is 4.04. The first-order valence-electron chi connectivity index (χ1n) is 5.90. The van der Waals surface area contributed by atoms with E-state index in [2.05, 4.69) is 15.5 Å². The molecule has 4 nitrogen and oxygen atoms in total. The van der Waals surface area contributed by atoms with Crippen molar-refractivity contribution in [1.29, 1.82) is 0 Å². The fourth-order valence-corrected chi connectivity index (χ4v) is 1.70. The molecule has 0 fully saturated rings. The van der Waals surface area contributed by atoms with Crippen molar-refractivity contribution in [2.75, 3.05) is 6.54 Å². The summed E-state index contributed by atoms with van der Waals surface area (Å²) in [4.78, 5) is 4.10. The van der Waals surface area contributed by atoms with Gasteiger partial charge >= 0.3 is 0 Å². The van der Waals surface area contributed by atoms with Crippen molar-refractivity contribution in [3.8, 4) is 0 Å². The summed E-state index contributed by atoms with van der Waals surface area (Å²) in [6.45, 7) is 4.91. The van der Waals surface area contributed by atoms with Crippen LogP contribution < -0.4 is 5.32 Å². The topological polar surface area (TPSA) is 51.0 Å². The number of rotatable bonds is 5. The van der Waals surface area contributed by atoms with E-state index in [0.717, 1.165) is 5.56 Å². The number of nitrogens with zero attached hydrogens (tertiary/aromatic N) is 2. The van der Waals surface area contributed by atoms with Crippen LogP contribution in [0.4, 0.5) is 4.39 Å². The Morgan fingerprint density at radius 1 is 1.33 bits per heavy atom. The maximum Gasteiger partial charge on any atom is 0.227 e. The highest BCUT2D eigenvalue weighted by molar-refractivity contribution is 5.23. The Morgan fingerprint density at radius 3 is 2.89 bits per heavy atom. The van der Waals surface area contributed by atoms with Crippen molar-refractivity contribution in [3.63, 3.8) is 0 Å². The minimum atomic E-state index is -0.179. The Balaban J connectivity index is 1.80. The third-order valence-electron chi connectivity index (χ3n) is 2.60. The Morgan fingerprint density at radius 2 is 2.17 bits per heavy atom. The molecule has 0 aliphatic carbocycles. The molecule has 0 unspecified atom stereocenters. The van der Waals surface area contributed by atoms with Gasteiger partial charge in [0.1, 0.15) is 5.82 Å². The van der Waals surface area contributed by atoms with Gasteiger partial charge in [0.05, 0.1) is 0 Å². The van der Waals surface area contributed by atoms with Gasteiger partial charge in [0, 0.05) is 25.1 Å². The monoisotopic (exact) mass is 249 g/mol. The third-order valence-corrected chi connectivity index (χ3v) is 2.60. The maximum atomic E-state index is 13.4. The molecule has 2 rings (SSSR count). The Bertz CT molecular complexity index is 525. The zero-order valence-electron chi connectivity index (χ0n) is 10.5. The summed E-state index contributed by atoms with van der Waals surface area (Å²) in [5.41, 5.74) is 1.73. The molecule has 0 aliphatic rings. The SMILES string of the molecule is Cc1ccc(F)c(CNCCc2nc(C)no2)c1. The molecule has 1 aromatic carbocycles. The van der Waals surface area contributed by atoms with Gasteiger partial charge in [-0.1, -0.05) is 22.9 Å². The Hall–Kier alpha value is -1.75. The second kappa shape index (κ2) is 5.73. The fourth-order valence-electron chi connectivity index (χ4n) is 1.70. The van der Waals surface area contributed by atoms with Gasteiger partial charge in [0.15, 0.2) is 5.82 Å². The van der Waals surface area contributed by atoms with Crippen LogP contribution in [-0.2, 0) is 13.0 Å². The molecule has 5 heteroatoms. The Labute approximate surface area is 105 Å². The molecular formula is C13H16FN3O. The second-order valence-corrected chi connectivity index (χ2v) is 4.26. The van der Waals surface area contributed by atoms with Crippen LogP contribution in [0.25, 0.3) is 0 Å². The molecule has 0 aliphatic heterocycles. The van der Waals surface area contributed by atoms with Gasteiger partial charge in [-0.25, -0.2) is 4.39 Å². The van der Waals surface area contributed by atoms with Crippen LogP contribution in [0.1, 0.15) is 22.8 Å². The molecule has 0 spiro atoms. The number of benzene rings is 1. The van der Waals surface area contributed by atoms with Gasteiger partial charge in [-0.15, -0.1) is 0 Å². The van der Waals surface area contributed by atoms with Crippen LogP contribution in [-0.4, -0.2) is 16.7 Å². The molecule has 0 saturated carbocycles. The first-order chi connectivity index (χ1) is 8.65. The van der Waals surface area contributed by atoms with E-state index in [9.17, 15) is 4.39 Å².